The third kappa shape index (κ3) is 4.76. The van der Waals surface area contributed by atoms with Gasteiger partial charge in [-0.05, 0) is 53.9 Å². The molecule has 0 spiro atoms. The summed E-state index contributed by atoms with van der Waals surface area (Å²) in [7, 11) is 0. The summed E-state index contributed by atoms with van der Waals surface area (Å²) in [5.41, 5.74) is 1.96. The molecular formula is C17H18F2N2OS. The van der Waals surface area contributed by atoms with E-state index in [-0.39, 0.29) is 22.4 Å². The fourth-order valence-corrected chi connectivity index (χ4v) is 2.65. The lowest BCUT2D eigenvalue weighted by molar-refractivity contribution is 0.102. The topological polar surface area (TPSA) is 42.0 Å². The number of nitrogens with zero attached hydrogens (tertiary/aromatic N) is 1. The first-order valence-electron chi connectivity index (χ1n) is 7.32. The minimum Gasteiger partial charge on any atom is -0.322 e. The molecular weight excluding hydrogens is 318 g/mol. The molecule has 1 aromatic carbocycles. The van der Waals surface area contributed by atoms with E-state index in [1.54, 1.807) is 6.07 Å². The maximum Gasteiger partial charge on any atom is 0.290 e. The summed E-state index contributed by atoms with van der Waals surface area (Å²) in [4.78, 5) is 16.1. The van der Waals surface area contributed by atoms with Gasteiger partial charge in [0, 0.05) is 11.9 Å². The summed E-state index contributed by atoms with van der Waals surface area (Å²) in [5.74, 6) is -2.61. The number of hydrogen-bond acceptors (Lipinski definition) is 3. The van der Waals surface area contributed by atoms with E-state index < -0.39 is 11.7 Å². The Morgan fingerprint density at radius 3 is 2.57 bits per heavy atom. The van der Waals surface area contributed by atoms with E-state index in [1.165, 1.54) is 17.8 Å². The second-order valence-corrected chi connectivity index (χ2v) is 6.10. The Hall–Kier alpha value is -1.95. The van der Waals surface area contributed by atoms with Crippen LogP contribution in [0.5, 0.6) is 0 Å². The van der Waals surface area contributed by atoms with Crippen molar-refractivity contribution >= 4 is 23.4 Å². The van der Waals surface area contributed by atoms with Crippen LogP contribution in [0.1, 0.15) is 42.1 Å². The predicted molar refractivity (Wildman–Crippen MR) is 89.2 cm³/mol. The van der Waals surface area contributed by atoms with Gasteiger partial charge in [-0.3, -0.25) is 4.79 Å². The van der Waals surface area contributed by atoms with Crippen molar-refractivity contribution in [2.75, 3.05) is 5.32 Å². The van der Waals surface area contributed by atoms with E-state index in [0.29, 0.717) is 11.6 Å². The Bertz CT molecular complexity index is 662. The number of pyridine rings is 1. The van der Waals surface area contributed by atoms with Crippen LogP contribution in [-0.4, -0.2) is 16.6 Å². The van der Waals surface area contributed by atoms with E-state index in [1.807, 2.05) is 24.3 Å². The lowest BCUT2D eigenvalue weighted by atomic mass is 9.98. The van der Waals surface area contributed by atoms with Crippen LogP contribution in [0.4, 0.5) is 14.5 Å². The summed E-state index contributed by atoms with van der Waals surface area (Å²) in [6.07, 6.45) is 2.43. The Morgan fingerprint density at radius 1 is 1.26 bits per heavy atom. The van der Waals surface area contributed by atoms with Crippen LogP contribution >= 0.6 is 11.8 Å². The molecule has 0 aliphatic rings. The summed E-state index contributed by atoms with van der Waals surface area (Å²) >= 11 is 0.268. The van der Waals surface area contributed by atoms with Crippen molar-refractivity contribution in [2.45, 2.75) is 37.0 Å². The maximum absolute atomic E-state index is 12.5. The second-order valence-electron chi connectivity index (χ2n) is 5.12. The molecule has 2 rings (SSSR count). The van der Waals surface area contributed by atoms with Gasteiger partial charge in [-0.15, -0.1) is 0 Å². The van der Waals surface area contributed by atoms with Crippen molar-refractivity contribution in [1.82, 2.24) is 4.98 Å². The zero-order valence-electron chi connectivity index (χ0n) is 12.9. The van der Waals surface area contributed by atoms with Gasteiger partial charge in [-0.2, -0.15) is 8.78 Å². The number of carbonyl (C=O) groups excluding carboxylic acids is 1. The van der Waals surface area contributed by atoms with Crippen LogP contribution in [0.2, 0.25) is 0 Å². The molecule has 1 aromatic heterocycles. The van der Waals surface area contributed by atoms with Gasteiger partial charge < -0.3 is 5.32 Å². The molecule has 0 saturated carbocycles. The highest BCUT2D eigenvalue weighted by molar-refractivity contribution is 7.99. The normalized spacial score (nSPS) is 12.2. The Labute approximate surface area is 138 Å². The molecule has 1 amide bonds. The number of amides is 1. The number of thioether (sulfide) groups is 1. The largest absolute Gasteiger partial charge is 0.322 e. The van der Waals surface area contributed by atoms with Gasteiger partial charge in [0.15, 0.2) is 0 Å². The van der Waals surface area contributed by atoms with Crippen molar-refractivity contribution in [2.24, 2.45) is 0 Å². The average Bonchev–Trinajstić information content (AvgIpc) is 2.54. The Morgan fingerprint density at radius 2 is 1.96 bits per heavy atom. The number of aromatic nitrogens is 1. The first-order chi connectivity index (χ1) is 11.0. The molecule has 23 heavy (non-hydrogen) atoms. The SMILES string of the molecule is CCC(C)c1ccc(NC(=O)c2cccnc2SC(F)F)cc1. The first kappa shape index (κ1) is 17.4. The number of hydrogen-bond donors (Lipinski definition) is 1. The van der Waals surface area contributed by atoms with E-state index in [2.05, 4.69) is 24.1 Å². The zero-order valence-corrected chi connectivity index (χ0v) is 13.7. The number of carbonyl (C=O) groups is 1. The van der Waals surface area contributed by atoms with Gasteiger partial charge in [0.2, 0.25) is 0 Å². The van der Waals surface area contributed by atoms with Gasteiger partial charge in [0.05, 0.1) is 5.56 Å². The van der Waals surface area contributed by atoms with Crippen LogP contribution in [-0.2, 0) is 0 Å². The van der Waals surface area contributed by atoms with E-state index in [4.69, 9.17) is 0 Å². The van der Waals surface area contributed by atoms with Gasteiger partial charge >= 0.3 is 0 Å². The van der Waals surface area contributed by atoms with Gasteiger partial charge in [-0.1, -0.05) is 26.0 Å². The monoisotopic (exact) mass is 336 g/mol. The quantitative estimate of drug-likeness (QED) is 0.741. The highest BCUT2D eigenvalue weighted by Gasteiger charge is 2.16. The third-order valence-corrected chi connectivity index (χ3v) is 4.29. The number of nitrogens with one attached hydrogen (secondary N) is 1. The fraction of sp³-hybridized carbons (Fsp3) is 0.294. The molecule has 2 aromatic rings. The predicted octanol–water partition coefficient (Wildman–Crippen LogP) is 5.16. The second kappa shape index (κ2) is 8.06. The van der Waals surface area contributed by atoms with Crippen LogP contribution in [0, 0.1) is 0 Å². The Kier molecular flexibility index (Phi) is 6.10. The molecule has 0 aliphatic carbocycles. The lowest BCUT2D eigenvalue weighted by Gasteiger charge is -2.11. The third-order valence-electron chi connectivity index (χ3n) is 3.57. The summed E-state index contributed by atoms with van der Waals surface area (Å²) < 4.78 is 25.1. The minimum absolute atomic E-state index is 0.0243. The number of rotatable bonds is 6. The van der Waals surface area contributed by atoms with Crippen LogP contribution in [0.25, 0.3) is 0 Å². The maximum atomic E-state index is 12.5. The molecule has 6 heteroatoms. The minimum atomic E-state index is -2.62. The Balaban J connectivity index is 2.13. The number of benzene rings is 1. The highest BCUT2D eigenvalue weighted by atomic mass is 32.2. The molecule has 1 N–H and O–H groups in total. The summed E-state index contributed by atoms with van der Waals surface area (Å²) in [5, 5.41) is 2.74. The molecule has 0 aliphatic heterocycles. The lowest BCUT2D eigenvalue weighted by Crippen LogP contribution is -2.14. The molecule has 0 radical (unpaired) electrons. The molecule has 1 atom stereocenters. The smallest absolute Gasteiger partial charge is 0.290 e. The number of anilines is 1. The zero-order chi connectivity index (χ0) is 16.8. The van der Waals surface area contributed by atoms with E-state index in [0.717, 1.165) is 6.42 Å². The molecule has 0 bridgehead atoms. The molecule has 0 fully saturated rings. The van der Waals surface area contributed by atoms with Crippen molar-refractivity contribution in [3.05, 3.63) is 53.7 Å². The van der Waals surface area contributed by atoms with E-state index in [9.17, 15) is 13.6 Å². The number of alkyl halides is 2. The standard InChI is InChI=1S/C17H18F2N2OS/c1-3-11(2)12-6-8-13(9-7-12)21-15(22)14-5-4-10-20-16(14)23-17(18)19/h4-11,17H,3H2,1-2H3,(H,21,22). The summed E-state index contributed by atoms with van der Waals surface area (Å²) in [6.45, 7) is 4.25. The van der Waals surface area contributed by atoms with Gasteiger partial charge in [0.1, 0.15) is 5.03 Å². The number of halogens is 2. The van der Waals surface area contributed by atoms with Crippen LogP contribution in [0.15, 0.2) is 47.6 Å². The van der Waals surface area contributed by atoms with Crippen molar-refractivity contribution in [3.8, 4) is 0 Å². The molecule has 1 heterocycles. The van der Waals surface area contributed by atoms with Gasteiger partial charge in [0.25, 0.3) is 11.7 Å². The summed E-state index contributed by atoms with van der Waals surface area (Å²) in [6, 6.07) is 10.6. The van der Waals surface area contributed by atoms with Crippen LogP contribution in [0.3, 0.4) is 0 Å². The molecule has 1 unspecified atom stereocenters. The average molecular weight is 336 g/mol. The highest BCUT2D eigenvalue weighted by Crippen LogP contribution is 2.27. The fourth-order valence-electron chi connectivity index (χ4n) is 2.07. The van der Waals surface area contributed by atoms with Gasteiger partial charge in [-0.25, -0.2) is 4.98 Å². The van der Waals surface area contributed by atoms with Crippen molar-refractivity contribution in [3.63, 3.8) is 0 Å². The molecule has 0 saturated heterocycles. The van der Waals surface area contributed by atoms with Crippen LogP contribution < -0.4 is 5.32 Å². The van der Waals surface area contributed by atoms with Crippen molar-refractivity contribution in [1.29, 1.82) is 0 Å². The molecule has 122 valence electrons. The van der Waals surface area contributed by atoms with E-state index >= 15 is 0 Å². The molecule has 3 nitrogen and oxygen atoms in total. The first-order valence-corrected chi connectivity index (χ1v) is 8.20. The van der Waals surface area contributed by atoms with Crippen molar-refractivity contribution < 1.29 is 13.6 Å².